The highest BCUT2D eigenvalue weighted by Crippen LogP contribution is 2.30. The number of rotatable bonds is 2. The number of nitrogens with one attached hydrogen (secondary N) is 1. The maximum atomic E-state index is 13.5. The molecule has 1 saturated heterocycles. The minimum Gasteiger partial charge on any atom is -0.588 e. The van der Waals surface area contributed by atoms with Crippen LogP contribution in [0.5, 0.6) is 5.88 Å². The largest absolute Gasteiger partial charge is 0.588 e. The van der Waals surface area contributed by atoms with E-state index in [2.05, 4.69) is 28.5 Å². The lowest BCUT2D eigenvalue weighted by molar-refractivity contribution is 0.0688. The van der Waals surface area contributed by atoms with Crippen LogP contribution in [0.3, 0.4) is 0 Å². The Morgan fingerprint density at radius 3 is 2.56 bits per heavy atom. The summed E-state index contributed by atoms with van der Waals surface area (Å²) in [6, 6.07) is 15.2. The number of aryl methyl sites for hydroxylation is 2. The molecule has 3 heterocycles. The van der Waals surface area contributed by atoms with Gasteiger partial charge in [-0.2, -0.15) is 9.71 Å². The fraction of sp³-hybridized carbons (Fsp3) is 0.370. The fourth-order valence-corrected chi connectivity index (χ4v) is 5.65. The first-order valence-electron chi connectivity index (χ1n) is 12.2. The van der Waals surface area contributed by atoms with Gasteiger partial charge in [-0.25, -0.2) is 4.98 Å². The van der Waals surface area contributed by atoms with Gasteiger partial charge in [0.05, 0.1) is 12.2 Å². The Balaban J connectivity index is 1.63. The zero-order valence-electron chi connectivity index (χ0n) is 21.0. The molecule has 2 aromatic carbocycles. The number of hydrogen-bond donors (Lipinski definition) is 1. The molecule has 1 aromatic heterocycles. The van der Waals surface area contributed by atoms with Crippen molar-refractivity contribution in [3.63, 3.8) is 0 Å². The third-order valence-corrected chi connectivity index (χ3v) is 7.79. The van der Waals surface area contributed by atoms with E-state index in [0.717, 1.165) is 23.2 Å². The Bertz CT molecular complexity index is 1260. The molecular formula is C27H31N5O3S. The minimum atomic E-state index is -1.66. The molecule has 1 fully saturated rings. The van der Waals surface area contributed by atoms with Crippen molar-refractivity contribution in [1.29, 1.82) is 0 Å². The van der Waals surface area contributed by atoms with Gasteiger partial charge in [0.2, 0.25) is 5.88 Å². The molecule has 1 unspecified atom stereocenters. The average Bonchev–Trinajstić information content (AvgIpc) is 3.06. The molecular weight excluding hydrogens is 474 g/mol. The van der Waals surface area contributed by atoms with Crippen LogP contribution in [-0.2, 0) is 11.4 Å². The van der Waals surface area contributed by atoms with Gasteiger partial charge in [-0.3, -0.25) is 9.69 Å². The van der Waals surface area contributed by atoms with Crippen molar-refractivity contribution in [2.75, 3.05) is 30.9 Å². The van der Waals surface area contributed by atoms with Gasteiger partial charge >= 0.3 is 0 Å². The second-order valence-corrected chi connectivity index (χ2v) is 10.9. The second kappa shape index (κ2) is 10.1. The summed E-state index contributed by atoms with van der Waals surface area (Å²) >= 11 is -1.66. The predicted molar refractivity (Wildman–Crippen MR) is 140 cm³/mol. The molecule has 1 amide bonds. The van der Waals surface area contributed by atoms with Crippen molar-refractivity contribution in [1.82, 2.24) is 19.8 Å². The van der Waals surface area contributed by atoms with Crippen LogP contribution >= 0.6 is 0 Å². The van der Waals surface area contributed by atoms with Crippen LogP contribution in [0.2, 0.25) is 0 Å². The van der Waals surface area contributed by atoms with Crippen LogP contribution in [0, 0.1) is 13.8 Å². The molecule has 9 heteroatoms. The number of benzene rings is 2. The lowest BCUT2D eigenvalue weighted by atomic mass is 10.00. The van der Waals surface area contributed by atoms with Crippen molar-refractivity contribution in [2.24, 2.45) is 0 Å². The minimum absolute atomic E-state index is 0.0960. The number of hydrogen-bond acceptors (Lipinski definition) is 7. The predicted octanol–water partition coefficient (Wildman–Crippen LogP) is 3.82. The SMILES string of the molecule is Cc1cccc(C)c1-c1cc2nc(n1)N[S+]([O-])c1cccc(c1)C(=O)N1CCN(C(C)C)C[C@H](C1)O2. The highest BCUT2D eigenvalue weighted by molar-refractivity contribution is 7.92. The summed E-state index contributed by atoms with van der Waals surface area (Å²) in [5.74, 6) is 0.503. The number of ether oxygens (including phenoxy) is 1. The van der Waals surface area contributed by atoms with E-state index in [9.17, 15) is 9.35 Å². The van der Waals surface area contributed by atoms with Crippen molar-refractivity contribution < 1.29 is 14.1 Å². The van der Waals surface area contributed by atoms with Crippen molar-refractivity contribution in [3.8, 4) is 17.1 Å². The van der Waals surface area contributed by atoms with E-state index in [1.165, 1.54) is 0 Å². The van der Waals surface area contributed by atoms with E-state index in [-0.39, 0.29) is 18.0 Å². The lowest BCUT2D eigenvalue weighted by Gasteiger charge is -2.27. The van der Waals surface area contributed by atoms with Crippen molar-refractivity contribution >= 4 is 23.2 Å². The average molecular weight is 506 g/mol. The van der Waals surface area contributed by atoms with Crippen molar-refractivity contribution in [3.05, 3.63) is 65.2 Å². The van der Waals surface area contributed by atoms with Crippen LogP contribution in [0.4, 0.5) is 5.95 Å². The number of carbonyl (C=O) groups excluding carboxylic acids is 1. The van der Waals surface area contributed by atoms with E-state index >= 15 is 0 Å². The van der Waals surface area contributed by atoms with Gasteiger partial charge in [0.1, 0.15) is 17.5 Å². The zero-order chi connectivity index (χ0) is 25.4. The molecule has 0 saturated carbocycles. The molecule has 6 bridgehead atoms. The number of carbonyl (C=O) groups is 1. The summed E-state index contributed by atoms with van der Waals surface area (Å²) in [5.41, 5.74) is 4.35. The molecule has 8 nitrogen and oxygen atoms in total. The monoisotopic (exact) mass is 505 g/mol. The van der Waals surface area contributed by atoms with E-state index in [1.54, 1.807) is 24.3 Å². The van der Waals surface area contributed by atoms with E-state index in [0.29, 0.717) is 47.7 Å². The van der Waals surface area contributed by atoms with Gasteiger partial charge in [0, 0.05) is 48.9 Å². The Kier molecular flexibility index (Phi) is 6.87. The quantitative estimate of drug-likeness (QED) is 0.529. The molecule has 36 heavy (non-hydrogen) atoms. The Morgan fingerprint density at radius 1 is 1.06 bits per heavy atom. The Hall–Kier alpha value is -3.14. The molecule has 2 aliphatic heterocycles. The van der Waals surface area contributed by atoms with Gasteiger partial charge < -0.3 is 14.2 Å². The molecule has 1 N–H and O–H groups in total. The number of fused-ring (bicyclic) bond motifs is 6. The maximum Gasteiger partial charge on any atom is 0.269 e. The second-order valence-electron chi connectivity index (χ2n) is 9.66. The summed E-state index contributed by atoms with van der Waals surface area (Å²) in [6.07, 6.45) is -0.290. The van der Waals surface area contributed by atoms with Crippen LogP contribution in [0.25, 0.3) is 11.3 Å². The van der Waals surface area contributed by atoms with E-state index < -0.39 is 11.4 Å². The van der Waals surface area contributed by atoms with Gasteiger partial charge in [-0.1, -0.05) is 24.3 Å². The normalized spacial score (nSPS) is 20.5. The van der Waals surface area contributed by atoms with Crippen LogP contribution in [-0.4, -0.2) is 68.6 Å². The molecule has 2 atom stereocenters. The number of nitrogens with zero attached hydrogens (tertiary/aromatic N) is 4. The van der Waals surface area contributed by atoms with Crippen LogP contribution in [0.1, 0.15) is 35.3 Å². The zero-order valence-corrected chi connectivity index (χ0v) is 21.8. The summed E-state index contributed by atoms with van der Waals surface area (Å²) < 4.78 is 22.6. The summed E-state index contributed by atoms with van der Waals surface area (Å²) in [5, 5.41) is 0. The maximum absolute atomic E-state index is 13.5. The van der Waals surface area contributed by atoms with Crippen molar-refractivity contribution in [2.45, 2.75) is 44.7 Å². The molecule has 3 aromatic rings. The third-order valence-electron chi connectivity index (χ3n) is 6.74. The van der Waals surface area contributed by atoms with Crippen LogP contribution < -0.4 is 9.46 Å². The van der Waals surface area contributed by atoms with E-state index in [4.69, 9.17) is 9.72 Å². The molecule has 188 valence electrons. The van der Waals surface area contributed by atoms with E-state index in [1.807, 2.05) is 43.0 Å². The lowest BCUT2D eigenvalue weighted by Crippen LogP contribution is -2.41. The summed E-state index contributed by atoms with van der Waals surface area (Å²) in [4.78, 5) is 27.4. The standard InChI is InChI=1S/C27H31N5O3S/c1-17(2)31-11-12-32-16-21(15-31)35-24-14-23(25-18(3)7-5-8-19(25)4)28-27(29-24)30-36(34)22-10-6-9-20(13-22)26(32)33/h5-10,13-14,17,21H,11-12,15-16H2,1-4H3,(H,28,29,30)/t21-,36?/m1/s1. The first-order chi connectivity index (χ1) is 17.3. The highest BCUT2D eigenvalue weighted by Gasteiger charge is 2.30. The topological polar surface area (TPSA) is 93.6 Å². The highest BCUT2D eigenvalue weighted by atomic mass is 32.2. The number of aromatic nitrogens is 2. The molecule has 0 aliphatic carbocycles. The van der Waals surface area contributed by atoms with Gasteiger partial charge in [0.15, 0.2) is 4.90 Å². The summed E-state index contributed by atoms with van der Waals surface area (Å²) in [6.45, 7) is 10.8. The van der Waals surface area contributed by atoms with Gasteiger partial charge in [-0.15, -0.1) is 0 Å². The first kappa shape index (κ1) is 24.5. The third kappa shape index (κ3) is 5.04. The van der Waals surface area contributed by atoms with Crippen LogP contribution in [0.15, 0.2) is 53.4 Å². The molecule has 0 radical (unpaired) electrons. The number of anilines is 1. The summed E-state index contributed by atoms with van der Waals surface area (Å²) in [7, 11) is 0. The molecule has 2 aliphatic rings. The fourth-order valence-electron chi connectivity index (χ4n) is 4.84. The Morgan fingerprint density at radius 2 is 1.81 bits per heavy atom. The molecule has 0 spiro atoms. The Labute approximate surface area is 215 Å². The van der Waals surface area contributed by atoms with Gasteiger partial charge in [0.25, 0.3) is 11.9 Å². The smallest absolute Gasteiger partial charge is 0.269 e. The first-order valence-corrected chi connectivity index (χ1v) is 13.4. The number of amides is 1. The molecule has 5 rings (SSSR count). The van der Waals surface area contributed by atoms with Gasteiger partial charge in [-0.05, 0) is 51.0 Å².